The highest BCUT2D eigenvalue weighted by molar-refractivity contribution is 8.26. The second-order valence-electron chi connectivity index (χ2n) is 15.0. The van der Waals surface area contributed by atoms with Gasteiger partial charge in [-0.1, -0.05) is 101 Å². The molecule has 4 heterocycles. The van der Waals surface area contributed by atoms with Crippen molar-refractivity contribution in [2.24, 2.45) is 11.8 Å². The molecular formula is C32H43NO2S6. The maximum Gasteiger partial charge on any atom is 0.240 e. The average Bonchev–Trinajstić information content (AvgIpc) is 3.40. The summed E-state index contributed by atoms with van der Waals surface area (Å²) in [6.45, 7) is 27.1. The van der Waals surface area contributed by atoms with Crippen molar-refractivity contribution in [2.75, 3.05) is 4.90 Å². The molecule has 2 bridgehead atoms. The summed E-state index contributed by atoms with van der Waals surface area (Å²) in [6, 6.07) is 9.57. The van der Waals surface area contributed by atoms with Crippen LogP contribution in [0.3, 0.4) is 0 Å². The van der Waals surface area contributed by atoms with Gasteiger partial charge in [-0.3, -0.25) is 9.59 Å². The average molecular weight is 666 g/mol. The normalized spacial score (nSPS) is 28.0. The number of thiophene rings is 1. The molecule has 0 saturated carbocycles. The summed E-state index contributed by atoms with van der Waals surface area (Å²) in [5.74, 6) is -0.929. The van der Waals surface area contributed by atoms with Crippen LogP contribution in [0.1, 0.15) is 94.2 Å². The molecule has 41 heavy (non-hydrogen) atoms. The number of thioether (sulfide) groups is 5. The summed E-state index contributed by atoms with van der Waals surface area (Å²) in [6.07, 6.45) is 0. The first-order chi connectivity index (χ1) is 18.6. The Kier molecular flexibility index (Phi) is 7.98. The summed E-state index contributed by atoms with van der Waals surface area (Å²) in [7, 11) is 0. The van der Waals surface area contributed by atoms with Crippen LogP contribution in [0.5, 0.6) is 0 Å². The summed E-state index contributed by atoms with van der Waals surface area (Å²) in [5.41, 5.74) is 3.34. The molecule has 9 heteroatoms. The molecule has 224 valence electrons. The molecule has 3 aliphatic rings. The minimum absolute atomic E-state index is 0.0116. The van der Waals surface area contributed by atoms with Crippen LogP contribution in [0.4, 0.5) is 5.69 Å². The van der Waals surface area contributed by atoms with Gasteiger partial charge in [-0.2, -0.15) is 0 Å². The topological polar surface area (TPSA) is 37.4 Å². The number of benzene rings is 1. The largest absolute Gasteiger partial charge is 0.274 e. The summed E-state index contributed by atoms with van der Waals surface area (Å²) < 4.78 is 1.33. The highest BCUT2D eigenvalue weighted by atomic mass is 32.2. The SMILES string of the molecule is CC(C)(C)Sc1sc(SC(C)(C)C)c2c1[C@]1(SC(C)(C)C)S[C@@]2(SC(C)(C)C)[C@H]2C(=O)N(c3ccccc3)C(=O)[C@H]21. The fourth-order valence-corrected chi connectivity index (χ4v) is 19.4. The first-order valence-electron chi connectivity index (χ1n) is 14.2. The Balaban J connectivity index is 1.85. The van der Waals surface area contributed by atoms with Gasteiger partial charge in [-0.25, -0.2) is 4.90 Å². The highest BCUT2D eigenvalue weighted by Gasteiger charge is 2.80. The van der Waals surface area contributed by atoms with E-state index in [2.05, 4.69) is 83.1 Å². The molecule has 2 saturated heterocycles. The zero-order chi connectivity index (χ0) is 30.6. The minimum Gasteiger partial charge on any atom is -0.274 e. The van der Waals surface area contributed by atoms with Crippen molar-refractivity contribution < 1.29 is 9.59 Å². The van der Waals surface area contributed by atoms with Crippen molar-refractivity contribution >= 4 is 87.6 Å². The molecule has 3 nitrogen and oxygen atoms in total. The number of rotatable bonds is 5. The summed E-state index contributed by atoms with van der Waals surface area (Å²) >= 11 is 11.5. The molecule has 0 unspecified atom stereocenters. The molecule has 0 aliphatic carbocycles. The number of amides is 2. The van der Waals surface area contributed by atoms with E-state index in [-0.39, 0.29) is 30.8 Å². The van der Waals surface area contributed by atoms with Crippen molar-refractivity contribution in [3.8, 4) is 0 Å². The van der Waals surface area contributed by atoms with E-state index in [0.717, 1.165) is 0 Å². The van der Waals surface area contributed by atoms with Crippen LogP contribution in [0.2, 0.25) is 0 Å². The monoisotopic (exact) mass is 665 g/mol. The number of hydrogen-bond donors (Lipinski definition) is 0. The fraction of sp³-hybridized carbons (Fsp3) is 0.625. The number of carbonyl (C=O) groups is 2. The van der Waals surface area contributed by atoms with Crippen LogP contribution in [0, 0.1) is 11.8 Å². The van der Waals surface area contributed by atoms with Gasteiger partial charge in [0.1, 0.15) is 8.16 Å². The quantitative estimate of drug-likeness (QED) is 0.232. The van der Waals surface area contributed by atoms with Crippen LogP contribution >= 0.6 is 70.1 Å². The Hall–Kier alpha value is -0.190. The third-order valence-corrected chi connectivity index (χ3v) is 15.7. The lowest BCUT2D eigenvalue weighted by molar-refractivity contribution is -0.122. The zero-order valence-electron chi connectivity index (χ0n) is 26.3. The van der Waals surface area contributed by atoms with Gasteiger partial charge in [0.2, 0.25) is 11.8 Å². The molecule has 2 amide bonds. The molecule has 3 aliphatic heterocycles. The first-order valence-corrected chi connectivity index (χ1v) is 19.1. The van der Waals surface area contributed by atoms with E-state index in [1.54, 1.807) is 0 Å². The standard InChI is InChI=1S/C32H43NO2S6/c1-27(2,3)37-25-21-22(26(36-25)38-28(4,5)6)32(40-30(10,11)12)20-19(31(21,41-32)39-29(7,8)9)23(34)33(24(20)35)18-16-14-13-15-17-18/h13-17,19-20H,1-12H3/t19-,20+,31+,32-. The second kappa shape index (κ2) is 10.2. The second-order valence-corrected chi connectivity index (χ2v) is 26.4. The first kappa shape index (κ1) is 32.2. The van der Waals surface area contributed by atoms with Gasteiger partial charge < -0.3 is 0 Å². The Bertz CT molecular complexity index is 1290. The van der Waals surface area contributed by atoms with Crippen LogP contribution in [0.25, 0.3) is 0 Å². The van der Waals surface area contributed by atoms with E-state index in [1.807, 2.05) is 100 Å². The number of nitrogens with zero attached hydrogens (tertiary/aromatic N) is 1. The molecule has 0 spiro atoms. The van der Waals surface area contributed by atoms with E-state index in [0.29, 0.717) is 5.69 Å². The molecule has 0 N–H and O–H groups in total. The van der Waals surface area contributed by atoms with Gasteiger partial charge in [-0.05, 0) is 12.1 Å². The van der Waals surface area contributed by atoms with Gasteiger partial charge in [0.05, 0.1) is 25.9 Å². The number of anilines is 1. The third-order valence-electron chi connectivity index (χ3n) is 6.70. The maximum atomic E-state index is 14.7. The molecule has 2 fully saturated rings. The molecule has 4 atom stereocenters. The lowest BCUT2D eigenvalue weighted by Gasteiger charge is -2.39. The number of hydrogen-bond acceptors (Lipinski definition) is 8. The van der Waals surface area contributed by atoms with Crippen LogP contribution in [0.15, 0.2) is 38.8 Å². The van der Waals surface area contributed by atoms with Gasteiger partial charge >= 0.3 is 0 Å². The smallest absolute Gasteiger partial charge is 0.240 e. The van der Waals surface area contributed by atoms with E-state index >= 15 is 0 Å². The Morgan fingerprint density at radius 1 is 0.634 bits per heavy atom. The fourth-order valence-electron chi connectivity index (χ4n) is 5.94. The van der Waals surface area contributed by atoms with E-state index in [1.165, 1.54) is 24.4 Å². The van der Waals surface area contributed by atoms with Crippen molar-refractivity contribution in [1.29, 1.82) is 0 Å². The Labute approximate surface area is 272 Å². The van der Waals surface area contributed by atoms with E-state index in [4.69, 9.17) is 0 Å². The van der Waals surface area contributed by atoms with Crippen LogP contribution in [-0.4, -0.2) is 30.8 Å². The maximum absolute atomic E-state index is 14.7. The van der Waals surface area contributed by atoms with Gasteiger partial charge in [0.25, 0.3) is 0 Å². The Morgan fingerprint density at radius 2 is 1.02 bits per heavy atom. The third kappa shape index (κ3) is 5.71. The molecule has 5 rings (SSSR count). The van der Waals surface area contributed by atoms with Crippen molar-refractivity contribution in [3.05, 3.63) is 41.5 Å². The number of imide groups is 1. The van der Waals surface area contributed by atoms with E-state index < -0.39 is 20.0 Å². The van der Waals surface area contributed by atoms with Gasteiger partial charge in [-0.15, -0.1) is 70.1 Å². The number of fused-ring (bicyclic) bond motifs is 8. The predicted molar refractivity (Wildman–Crippen MR) is 187 cm³/mol. The Morgan fingerprint density at radius 3 is 1.37 bits per heavy atom. The van der Waals surface area contributed by atoms with Crippen molar-refractivity contribution in [2.45, 2.75) is 119 Å². The lowest BCUT2D eigenvalue weighted by Crippen LogP contribution is -2.41. The van der Waals surface area contributed by atoms with Crippen LogP contribution in [-0.2, 0) is 17.7 Å². The molecule has 0 radical (unpaired) electrons. The zero-order valence-corrected chi connectivity index (χ0v) is 31.2. The van der Waals surface area contributed by atoms with Gasteiger partial charge in [0.15, 0.2) is 0 Å². The van der Waals surface area contributed by atoms with Gasteiger partial charge in [0, 0.05) is 30.1 Å². The minimum atomic E-state index is -0.548. The molecular weight excluding hydrogens is 623 g/mol. The predicted octanol–water partition coefficient (Wildman–Crippen LogP) is 10.5. The molecule has 1 aromatic heterocycles. The van der Waals surface area contributed by atoms with Crippen molar-refractivity contribution in [1.82, 2.24) is 0 Å². The summed E-state index contributed by atoms with van der Waals surface area (Å²) in [5, 5.41) is 0. The van der Waals surface area contributed by atoms with Crippen LogP contribution < -0.4 is 4.90 Å². The van der Waals surface area contributed by atoms with Crippen molar-refractivity contribution in [3.63, 3.8) is 0 Å². The number of para-hydroxylation sites is 1. The van der Waals surface area contributed by atoms with E-state index in [9.17, 15) is 9.59 Å². The molecule has 2 aromatic rings. The lowest BCUT2D eigenvalue weighted by atomic mass is 9.78. The molecule has 1 aromatic carbocycles. The summed E-state index contributed by atoms with van der Waals surface area (Å²) in [4.78, 5) is 30.9. The highest BCUT2D eigenvalue weighted by Crippen LogP contribution is 2.85. The number of carbonyl (C=O) groups excluding carboxylic acids is 2.